The van der Waals surface area contributed by atoms with E-state index in [4.69, 9.17) is 9.47 Å². The number of esters is 1. The van der Waals surface area contributed by atoms with Crippen LogP contribution in [0.4, 0.5) is 0 Å². The van der Waals surface area contributed by atoms with E-state index < -0.39 is 16.0 Å². The molecular weight excluding hydrogens is 294 g/mol. The molecule has 0 aliphatic carbocycles. The van der Waals surface area contributed by atoms with Crippen molar-refractivity contribution in [3.05, 3.63) is 23.8 Å². The van der Waals surface area contributed by atoms with Crippen LogP contribution < -0.4 is 9.46 Å². The van der Waals surface area contributed by atoms with E-state index in [2.05, 4.69) is 4.72 Å². The average Bonchev–Trinajstić information content (AvgIpc) is 2.35. The molecule has 1 N–H and O–H groups in total. The van der Waals surface area contributed by atoms with Crippen molar-refractivity contribution in [3.8, 4) is 5.75 Å². The molecule has 0 aliphatic rings. The van der Waals surface area contributed by atoms with Crippen LogP contribution in [-0.4, -0.2) is 33.6 Å². The van der Waals surface area contributed by atoms with Crippen LogP contribution in [0.3, 0.4) is 0 Å². The number of hydrogen-bond acceptors (Lipinski definition) is 5. The van der Waals surface area contributed by atoms with Gasteiger partial charge in [-0.3, -0.25) is 0 Å². The molecule has 0 spiro atoms. The van der Waals surface area contributed by atoms with Gasteiger partial charge in [0.15, 0.2) is 0 Å². The van der Waals surface area contributed by atoms with Crippen molar-refractivity contribution in [2.75, 3.05) is 7.11 Å². The number of carbonyl (C=O) groups excluding carboxylic acids is 1. The quantitative estimate of drug-likeness (QED) is 0.811. The standard InChI is InChI=1S/C14H21NO5S/c1-9(2)15-21(17,18)13-8-11(6-7-12(13)19-5)14(16)20-10(3)4/h6-10,15H,1-5H3. The highest BCUT2D eigenvalue weighted by Crippen LogP contribution is 2.25. The van der Waals surface area contributed by atoms with E-state index >= 15 is 0 Å². The first-order valence-electron chi connectivity index (χ1n) is 6.58. The molecule has 0 aliphatic heterocycles. The van der Waals surface area contributed by atoms with E-state index in [9.17, 15) is 13.2 Å². The topological polar surface area (TPSA) is 81.7 Å². The Morgan fingerprint density at radius 2 is 1.81 bits per heavy atom. The second-order valence-electron chi connectivity index (χ2n) is 5.10. The van der Waals surface area contributed by atoms with Gasteiger partial charge in [-0.25, -0.2) is 17.9 Å². The summed E-state index contributed by atoms with van der Waals surface area (Å²) in [6.45, 7) is 6.86. The Kier molecular flexibility index (Phi) is 5.74. The molecule has 1 rings (SSSR count). The van der Waals surface area contributed by atoms with Gasteiger partial charge in [0.2, 0.25) is 10.0 Å². The summed E-state index contributed by atoms with van der Waals surface area (Å²) in [5, 5.41) is 0. The molecule has 0 heterocycles. The van der Waals surface area contributed by atoms with Gasteiger partial charge in [0, 0.05) is 6.04 Å². The first-order chi connectivity index (χ1) is 9.67. The van der Waals surface area contributed by atoms with Crippen LogP contribution in [-0.2, 0) is 14.8 Å². The van der Waals surface area contributed by atoms with Crippen LogP contribution in [0.1, 0.15) is 38.1 Å². The summed E-state index contributed by atoms with van der Waals surface area (Å²) < 4.78 is 37.1. The molecule has 0 aromatic heterocycles. The summed E-state index contributed by atoms with van der Waals surface area (Å²) >= 11 is 0. The minimum absolute atomic E-state index is 0.0862. The van der Waals surface area contributed by atoms with Gasteiger partial charge >= 0.3 is 5.97 Å². The third-order valence-electron chi connectivity index (χ3n) is 2.42. The van der Waals surface area contributed by atoms with E-state index in [1.165, 1.54) is 25.3 Å². The lowest BCUT2D eigenvalue weighted by atomic mass is 10.2. The Hall–Kier alpha value is -1.60. The highest BCUT2D eigenvalue weighted by Gasteiger charge is 2.23. The van der Waals surface area contributed by atoms with E-state index in [-0.39, 0.29) is 28.4 Å². The molecule has 0 saturated carbocycles. The molecule has 0 unspecified atom stereocenters. The highest BCUT2D eigenvalue weighted by molar-refractivity contribution is 7.89. The predicted octanol–water partition coefficient (Wildman–Crippen LogP) is 1.95. The van der Waals surface area contributed by atoms with Crippen molar-refractivity contribution in [3.63, 3.8) is 0 Å². The predicted molar refractivity (Wildman–Crippen MR) is 79.0 cm³/mol. The molecule has 1 aromatic rings. The van der Waals surface area contributed by atoms with Crippen LogP contribution in [0.15, 0.2) is 23.1 Å². The van der Waals surface area contributed by atoms with Crippen molar-refractivity contribution in [1.29, 1.82) is 0 Å². The first kappa shape index (κ1) is 17.5. The van der Waals surface area contributed by atoms with Gasteiger partial charge in [-0.15, -0.1) is 0 Å². The summed E-state index contributed by atoms with van der Waals surface area (Å²) in [4.78, 5) is 11.8. The minimum Gasteiger partial charge on any atom is -0.495 e. The number of nitrogens with one attached hydrogen (secondary N) is 1. The van der Waals surface area contributed by atoms with Crippen LogP contribution in [0, 0.1) is 0 Å². The van der Waals surface area contributed by atoms with Gasteiger partial charge in [0.1, 0.15) is 10.6 Å². The summed E-state index contributed by atoms with van der Waals surface area (Å²) in [5.41, 5.74) is 0.161. The Balaban J connectivity index is 3.27. The lowest BCUT2D eigenvalue weighted by Gasteiger charge is -2.14. The molecular formula is C14H21NO5S. The monoisotopic (exact) mass is 315 g/mol. The largest absolute Gasteiger partial charge is 0.495 e. The van der Waals surface area contributed by atoms with E-state index in [1.54, 1.807) is 27.7 Å². The number of hydrogen-bond donors (Lipinski definition) is 1. The molecule has 7 heteroatoms. The third kappa shape index (κ3) is 4.71. The Morgan fingerprint density at radius 1 is 1.19 bits per heavy atom. The summed E-state index contributed by atoms with van der Waals surface area (Å²) in [6, 6.07) is 3.89. The maximum atomic E-state index is 12.3. The molecule has 0 fully saturated rings. The van der Waals surface area contributed by atoms with Crippen molar-refractivity contribution in [2.45, 2.75) is 44.7 Å². The fourth-order valence-electron chi connectivity index (χ4n) is 1.67. The molecule has 0 radical (unpaired) electrons. The van der Waals surface area contributed by atoms with Crippen molar-refractivity contribution < 1.29 is 22.7 Å². The first-order valence-corrected chi connectivity index (χ1v) is 8.07. The van der Waals surface area contributed by atoms with Crippen LogP contribution >= 0.6 is 0 Å². The minimum atomic E-state index is -3.77. The van der Waals surface area contributed by atoms with Gasteiger partial charge in [-0.1, -0.05) is 0 Å². The van der Waals surface area contributed by atoms with Crippen molar-refractivity contribution in [2.24, 2.45) is 0 Å². The zero-order valence-electron chi connectivity index (χ0n) is 12.8. The molecule has 118 valence electrons. The third-order valence-corrected chi connectivity index (χ3v) is 4.10. The lowest BCUT2D eigenvalue weighted by molar-refractivity contribution is 0.0377. The summed E-state index contributed by atoms with van der Waals surface area (Å²) in [6.07, 6.45) is -0.284. The fourth-order valence-corrected chi connectivity index (χ4v) is 3.12. The molecule has 0 bridgehead atoms. The van der Waals surface area contributed by atoms with Crippen LogP contribution in [0.2, 0.25) is 0 Å². The molecule has 0 atom stereocenters. The number of benzene rings is 1. The van der Waals surface area contributed by atoms with Gasteiger partial charge in [0.05, 0.1) is 18.8 Å². The number of sulfonamides is 1. The summed E-state index contributed by atoms with van der Waals surface area (Å²) in [5.74, 6) is -0.405. The van der Waals surface area contributed by atoms with Crippen molar-refractivity contribution >= 4 is 16.0 Å². The maximum Gasteiger partial charge on any atom is 0.338 e. The van der Waals surface area contributed by atoms with Crippen LogP contribution in [0.25, 0.3) is 0 Å². The smallest absolute Gasteiger partial charge is 0.338 e. The Labute approximate surface area is 125 Å². The van der Waals surface area contributed by atoms with Gasteiger partial charge < -0.3 is 9.47 Å². The lowest BCUT2D eigenvalue weighted by Crippen LogP contribution is -2.30. The van der Waals surface area contributed by atoms with E-state index in [0.717, 1.165) is 0 Å². The second-order valence-corrected chi connectivity index (χ2v) is 6.78. The number of carbonyl (C=O) groups is 1. The van der Waals surface area contributed by atoms with E-state index in [1.807, 2.05) is 0 Å². The molecule has 0 amide bonds. The average molecular weight is 315 g/mol. The highest BCUT2D eigenvalue weighted by atomic mass is 32.2. The fraction of sp³-hybridized carbons (Fsp3) is 0.500. The zero-order chi connectivity index (χ0) is 16.2. The number of rotatable bonds is 6. The Morgan fingerprint density at radius 3 is 2.29 bits per heavy atom. The normalized spacial score (nSPS) is 11.8. The van der Waals surface area contributed by atoms with Crippen molar-refractivity contribution in [1.82, 2.24) is 4.72 Å². The molecule has 21 heavy (non-hydrogen) atoms. The number of methoxy groups -OCH3 is 1. The van der Waals surface area contributed by atoms with Gasteiger partial charge in [0.25, 0.3) is 0 Å². The maximum absolute atomic E-state index is 12.3. The van der Waals surface area contributed by atoms with E-state index in [0.29, 0.717) is 0 Å². The molecule has 6 nitrogen and oxygen atoms in total. The SMILES string of the molecule is COc1ccc(C(=O)OC(C)C)cc1S(=O)(=O)NC(C)C. The Bertz CT molecular complexity index is 608. The molecule has 0 saturated heterocycles. The van der Waals surface area contributed by atoms with Gasteiger partial charge in [-0.05, 0) is 45.9 Å². The number of ether oxygens (including phenoxy) is 2. The second kappa shape index (κ2) is 6.91. The molecule has 1 aromatic carbocycles. The summed E-state index contributed by atoms with van der Waals surface area (Å²) in [7, 11) is -2.40. The van der Waals surface area contributed by atoms with Crippen LogP contribution in [0.5, 0.6) is 5.75 Å². The zero-order valence-corrected chi connectivity index (χ0v) is 13.7. The van der Waals surface area contributed by atoms with Gasteiger partial charge in [-0.2, -0.15) is 0 Å².